The van der Waals surface area contributed by atoms with Gasteiger partial charge in [0.25, 0.3) is 5.19 Å². The van der Waals surface area contributed by atoms with Crippen LogP contribution in [-0.4, -0.2) is 35.0 Å². The number of benzene rings is 1. The van der Waals surface area contributed by atoms with Gasteiger partial charge in [0, 0.05) is 6.08 Å². The third-order valence-corrected chi connectivity index (χ3v) is 4.98. The van der Waals surface area contributed by atoms with Crippen molar-refractivity contribution in [2.75, 3.05) is 13.1 Å². The predicted molar refractivity (Wildman–Crippen MR) is 93.4 cm³/mol. The molecule has 0 unspecified atom stereocenters. The first kappa shape index (κ1) is 17.6. The lowest BCUT2D eigenvalue weighted by Crippen LogP contribution is -2.55. The number of thiazole rings is 1. The third-order valence-electron chi connectivity index (χ3n) is 4.07. The van der Waals surface area contributed by atoms with E-state index >= 15 is 0 Å². The van der Waals surface area contributed by atoms with Crippen molar-refractivity contribution in [3.05, 3.63) is 54.0 Å². The van der Waals surface area contributed by atoms with E-state index in [1.165, 1.54) is 18.4 Å². The topological polar surface area (TPSA) is 55.6 Å². The minimum absolute atomic E-state index is 0.112. The molecular weight excluding hydrogens is 381 g/mol. The minimum Gasteiger partial charge on any atom is -0.465 e. The number of carbonyl (C=O) groups is 1. The SMILES string of the molecule is O=C(/C=C/c1ccco1)N1CC(Oc2nc3c(C(F)(F)F)cccc3s2)C1. The number of fused-ring (bicyclic) bond motifs is 1. The van der Waals surface area contributed by atoms with E-state index in [1.807, 2.05) is 0 Å². The van der Waals surface area contributed by atoms with Gasteiger partial charge in [-0.05, 0) is 30.3 Å². The second-order valence-corrected chi connectivity index (χ2v) is 6.95. The molecule has 1 amide bonds. The first-order chi connectivity index (χ1) is 12.9. The van der Waals surface area contributed by atoms with Crippen molar-refractivity contribution in [2.45, 2.75) is 12.3 Å². The van der Waals surface area contributed by atoms with Crippen LogP contribution in [0.15, 0.2) is 47.1 Å². The molecule has 0 bridgehead atoms. The van der Waals surface area contributed by atoms with E-state index in [1.54, 1.807) is 29.2 Å². The highest BCUT2D eigenvalue weighted by Gasteiger charge is 2.35. The van der Waals surface area contributed by atoms with Crippen LogP contribution in [0.5, 0.6) is 5.19 Å². The van der Waals surface area contributed by atoms with Crippen LogP contribution in [0.4, 0.5) is 13.2 Å². The van der Waals surface area contributed by atoms with Crippen molar-refractivity contribution in [1.29, 1.82) is 0 Å². The van der Waals surface area contributed by atoms with Gasteiger partial charge < -0.3 is 14.1 Å². The Labute approximate surface area is 155 Å². The number of halogens is 3. The van der Waals surface area contributed by atoms with Gasteiger partial charge in [0.15, 0.2) is 0 Å². The van der Waals surface area contributed by atoms with Crippen molar-refractivity contribution in [3.8, 4) is 5.19 Å². The number of ether oxygens (including phenoxy) is 1. The molecular formula is C18H13F3N2O3S. The average Bonchev–Trinajstić information content (AvgIpc) is 3.23. The Bertz CT molecular complexity index is 989. The highest BCUT2D eigenvalue weighted by Crippen LogP contribution is 2.38. The lowest BCUT2D eigenvalue weighted by atomic mass is 10.1. The van der Waals surface area contributed by atoms with E-state index in [-0.39, 0.29) is 22.7 Å². The van der Waals surface area contributed by atoms with Crippen LogP contribution in [0.25, 0.3) is 16.3 Å². The third kappa shape index (κ3) is 3.68. The normalized spacial score (nSPS) is 15.4. The standard InChI is InChI=1S/C18H13F3N2O3S/c19-18(20,21)13-4-1-5-14-16(13)22-17(27-14)26-12-9-23(10-12)15(24)7-6-11-3-2-8-25-11/h1-8,12H,9-10H2/b7-6+. The molecule has 3 aromatic rings. The van der Waals surface area contributed by atoms with Crippen LogP contribution in [0, 0.1) is 0 Å². The molecule has 1 aliphatic heterocycles. The first-order valence-corrected chi connectivity index (χ1v) is 8.86. The molecule has 1 saturated heterocycles. The highest BCUT2D eigenvalue weighted by atomic mass is 32.1. The van der Waals surface area contributed by atoms with Crippen LogP contribution in [0.1, 0.15) is 11.3 Å². The highest BCUT2D eigenvalue weighted by molar-refractivity contribution is 7.20. The number of likely N-dealkylation sites (tertiary alicyclic amines) is 1. The van der Waals surface area contributed by atoms with Gasteiger partial charge in [0.05, 0.1) is 35.1 Å². The second kappa shape index (κ2) is 6.73. The molecule has 0 saturated carbocycles. The fourth-order valence-electron chi connectivity index (χ4n) is 2.69. The fraction of sp³-hybridized carbons (Fsp3) is 0.222. The molecule has 27 heavy (non-hydrogen) atoms. The number of aromatic nitrogens is 1. The molecule has 0 aliphatic carbocycles. The van der Waals surface area contributed by atoms with Crippen LogP contribution < -0.4 is 4.74 Å². The Morgan fingerprint density at radius 3 is 2.81 bits per heavy atom. The minimum atomic E-state index is -4.47. The van der Waals surface area contributed by atoms with Gasteiger partial charge in [0.2, 0.25) is 5.91 Å². The molecule has 1 fully saturated rings. The molecule has 140 valence electrons. The zero-order valence-corrected chi connectivity index (χ0v) is 14.6. The fourth-order valence-corrected chi connectivity index (χ4v) is 3.60. The quantitative estimate of drug-likeness (QED) is 0.622. The van der Waals surface area contributed by atoms with Gasteiger partial charge in [-0.3, -0.25) is 4.79 Å². The molecule has 5 nitrogen and oxygen atoms in total. The lowest BCUT2D eigenvalue weighted by molar-refractivity contribution is -0.136. The van der Waals surface area contributed by atoms with Crippen LogP contribution in [0.2, 0.25) is 0 Å². The molecule has 0 atom stereocenters. The van der Waals surface area contributed by atoms with E-state index in [0.29, 0.717) is 23.5 Å². The summed E-state index contributed by atoms with van der Waals surface area (Å²) < 4.78 is 50.3. The molecule has 0 radical (unpaired) electrons. The largest absolute Gasteiger partial charge is 0.465 e. The van der Waals surface area contributed by atoms with E-state index in [9.17, 15) is 18.0 Å². The summed E-state index contributed by atoms with van der Waals surface area (Å²) in [5.41, 5.74) is -0.891. The van der Waals surface area contributed by atoms with E-state index < -0.39 is 11.7 Å². The first-order valence-electron chi connectivity index (χ1n) is 8.04. The van der Waals surface area contributed by atoms with Crippen molar-refractivity contribution in [1.82, 2.24) is 9.88 Å². The number of alkyl halides is 3. The predicted octanol–water partition coefficient (Wildman–Crippen LogP) is 4.21. The number of furan rings is 1. The summed E-state index contributed by atoms with van der Waals surface area (Å²) in [6.45, 7) is 0.701. The average molecular weight is 394 g/mol. The Morgan fingerprint density at radius 2 is 2.11 bits per heavy atom. The summed E-state index contributed by atoms with van der Waals surface area (Å²) in [5.74, 6) is 0.390. The van der Waals surface area contributed by atoms with Crippen molar-refractivity contribution < 1.29 is 27.1 Å². The number of nitrogens with zero attached hydrogens (tertiary/aromatic N) is 2. The van der Waals surface area contributed by atoms with Gasteiger partial charge in [-0.2, -0.15) is 13.2 Å². The van der Waals surface area contributed by atoms with E-state index in [2.05, 4.69) is 4.98 Å². The zero-order valence-electron chi connectivity index (χ0n) is 13.8. The summed E-state index contributed by atoms with van der Waals surface area (Å²) in [4.78, 5) is 17.6. The Morgan fingerprint density at radius 1 is 1.30 bits per heavy atom. The number of para-hydroxylation sites is 1. The Hall–Kier alpha value is -2.81. The number of amides is 1. The molecule has 3 heterocycles. The summed E-state index contributed by atoms with van der Waals surface area (Å²) in [6.07, 6.45) is -0.267. The van der Waals surface area contributed by atoms with Crippen molar-refractivity contribution in [2.24, 2.45) is 0 Å². The maximum Gasteiger partial charge on any atom is 0.418 e. The number of hydrogen-bond acceptors (Lipinski definition) is 5. The number of hydrogen-bond donors (Lipinski definition) is 0. The molecule has 4 rings (SSSR count). The second-order valence-electron chi connectivity index (χ2n) is 5.96. The Kier molecular flexibility index (Phi) is 4.39. The molecule has 1 aliphatic rings. The van der Waals surface area contributed by atoms with Gasteiger partial charge in [-0.25, -0.2) is 4.98 Å². The maximum absolute atomic E-state index is 13.0. The van der Waals surface area contributed by atoms with Crippen LogP contribution in [-0.2, 0) is 11.0 Å². The molecule has 0 spiro atoms. The van der Waals surface area contributed by atoms with Gasteiger partial charge >= 0.3 is 6.18 Å². The monoisotopic (exact) mass is 394 g/mol. The van der Waals surface area contributed by atoms with Crippen LogP contribution in [0.3, 0.4) is 0 Å². The summed E-state index contributed by atoms with van der Waals surface area (Å²) in [5, 5.41) is 0.171. The van der Waals surface area contributed by atoms with Gasteiger partial charge in [-0.15, -0.1) is 0 Å². The molecule has 1 aromatic carbocycles. The molecule has 2 aromatic heterocycles. The molecule has 0 N–H and O–H groups in total. The molecule has 9 heteroatoms. The van der Waals surface area contributed by atoms with Gasteiger partial charge in [-0.1, -0.05) is 17.4 Å². The number of carbonyl (C=O) groups excluding carboxylic acids is 1. The number of rotatable bonds is 4. The van der Waals surface area contributed by atoms with Gasteiger partial charge in [0.1, 0.15) is 11.9 Å². The van der Waals surface area contributed by atoms with E-state index in [4.69, 9.17) is 9.15 Å². The van der Waals surface area contributed by atoms with Crippen molar-refractivity contribution in [3.63, 3.8) is 0 Å². The zero-order chi connectivity index (χ0) is 19.0. The maximum atomic E-state index is 13.0. The van der Waals surface area contributed by atoms with Crippen LogP contribution >= 0.6 is 11.3 Å². The summed E-state index contributed by atoms with van der Waals surface area (Å²) in [6, 6.07) is 7.38. The van der Waals surface area contributed by atoms with Crippen molar-refractivity contribution >= 4 is 33.5 Å². The summed E-state index contributed by atoms with van der Waals surface area (Å²) in [7, 11) is 0. The Balaban J connectivity index is 1.38. The summed E-state index contributed by atoms with van der Waals surface area (Å²) >= 11 is 1.06. The van der Waals surface area contributed by atoms with E-state index in [0.717, 1.165) is 17.4 Å². The lowest BCUT2D eigenvalue weighted by Gasteiger charge is -2.37. The smallest absolute Gasteiger partial charge is 0.418 e.